The molecule has 9 nitrogen and oxygen atoms in total. The second-order valence-corrected chi connectivity index (χ2v) is 5.41. The summed E-state index contributed by atoms with van der Waals surface area (Å²) in [5.41, 5.74) is -2.55. The van der Waals surface area contributed by atoms with Gasteiger partial charge in [-0.25, -0.2) is 0 Å². The average molecular weight is 421 g/mol. The molecule has 1 aromatic rings. The van der Waals surface area contributed by atoms with Crippen LogP contribution in [0.25, 0.3) is 0 Å². The van der Waals surface area contributed by atoms with Crippen LogP contribution in [0.3, 0.4) is 0 Å². The van der Waals surface area contributed by atoms with E-state index in [9.17, 15) is 24.5 Å². The summed E-state index contributed by atoms with van der Waals surface area (Å²) in [4.78, 5) is 45.8. The fourth-order valence-electron chi connectivity index (χ4n) is 1.71. The molecule has 0 aromatic heterocycles. The standard InChI is InChI=1S/C10H3Br2N3O6/c11-2-1-3-4(7(5(2)12)15(20)21)8(16)9(17)6(14-19)10(18)13-3/h1,19H,(H,13,18)/b14-6-. The molecule has 0 fully saturated rings. The molecule has 21 heavy (non-hydrogen) atoms. The number of nitrogens with one attached hydrogen (secondary N) is 1. The predicted octanol–water partition coefficient (Wildman–Crippen LogP) is 1.65. The summed E-state index contributed by atoms with van der Waals surface area (Å²) in [6.45, 7) is 0. The number of ketones is 2. The number of nitro benzene ring substituents is 1. The minimum Gasteiger partial charge on any atom is -0.410 e. The van der Waals surface area contributed by atoms with Crippen molar-refractivity contribution in [2.24, 2.45) is 5.16 Å². The number of anilines is 1. The van der Waals surface area contributed by atoms with E-state index in [1.54, 1.807) is 0 Å². The Bertz CT molecular complexity index is 758. The lowest BCUT2D eigenvalue weighted by Gasteiger charge is -2.08. The number of carbonyl (C=O) groups is 3. The zero-order valence-corrected chi connectivity index (χ0v) is 12.9. The Balaban J connectivity index is 2.87. The number of amides is 1. The van der Waals surface area contributed by atoms with E-state index in [1.807, 2.05) is 0 Å². The maximum Gasteiger partial charge on any atom is 0.298 e. The fourth-order valence-corrected chi connectivity index (χ4v) is 2.58. The summed E-state index contributed by atoms with van der Waals surface area (Å²) in [5, 5.41) is 24.4. The topological polar surface area (TPSA) is 139 Å². The Morgan fingerprint density at radius 3 is 2.38 bits per heavy atom. The molecule has 1 amide bonds. The molecular formula is C10H3Br2N3O6. The Hall–Kier alpha value is -2.14. The van der Waals surface area contributed by atoms with Gasteiger partial charge in [-0.05, 0) is 37.9 Å². The number of Topliss-reactive ketones (excluding diaryl/α,β-unsaturated/α-hetero) is 2. The highest BCUT2D eigenvalue weighted by Gasteiger charge is 2.40. The van der Waals surface area contributed by atoms with Crippen molar-refractivity contribution < 1.29 is 24.5 Å². The predicted molar refractivity (Wildman–Crippen MR) is 75.7 cm³/mol. The lowest BCUT2D eigenvalue weighted by atomic mass is 10.0. The van der Waals surface area contributed by atoms with Gasteiger partial charge in [0.1, 0.15) is 10.0 Å². The lowest BCUT2D eigenvalue weighted by Crippen LogP contribution is -2.31. The molecule has 0 bridgehead atoms. The number of rotatable bonds is 1. The van der Waals surface area contributed by atoms with E-state index in [4.69, 9.17) is 5.21 Å². The Kier molecular flexibility index (Phi) is 3.87. The Labute approximate surface area is 132 Å². The van der Waals surface area contributed by atoms with Gasteiger partial charge in [-0.1, -0.05) is 5.16 Å². The third-order valence-corrected chi connectivity index (χ3v) is 4.55. The number of nitro groups is 1. The summed E-state index contributed by atoms with van der Waals surface area (Å²) in [6, 6.07) is 1.22. The van der Waals surface area contributed by atoms with E-state index >= 15 is 0 Å². The Morgan fingerprint density at radius 1 is 1.24 bits per heavy atom. The summed E-state index contributed by atoms with van der Waals surface area (Å²) >= 11 is 5.96. The summed E-state index contributed by atoms with van der Waals surface area (Å²) in [7, 11) is 0. The van der Waals surface area contributed by atoms with Crippen molar-refractivity contribution in [2.45, 2.75) is 0 Å². The van der Waals surface area contributed by atoms with E-state index in [0.717, 1.165) is 0 Å². The van der Waals surface area contributed by atoms with Gasteiger partial charge in [-0.2, -0.15) is 0 Å². The van der Waals surface area contributed by atoms with Gasteiger partial charge in [0.2, 0.25) is 11.5 Å². The van der Waals surface area contributed by atoms with Crippen molar-refractivity contribution in [3.05, 3.63) is 30.7 Å². The maximum atomic E-state index is 12.1. The molecule has 1 aliphatic heterocycles. The zero-order chi connectivity index (χ0) is 15.9. The molecule has 0 saturated carbocycles. The van der Waals surface area contributed by atoms with E-state index in [-0.39, 0.29) is 14.6 Å². The van der Waals surface area contributed by atoms with Crippen LogP contribution in [0.2, 0.25) is 0 Å². The first kappa shape index (κ1) is 15.3. The van der Waals surface area contributed by atoms with Gasteiger partial charge in [0.15, 0.2) is 0 Å². The van der Waals surface area contributed by atoms with Gasteiger partial charge < -0.3 is 10.5 Å². The highest BCUT2D eigenvalue weighted by atomic mass is 79.9. The smallest absolute Gasteiger partial charge is 0.298 e. The number of nitrogens with zero attached hydrogens (tertiary/aromatic N) is 2. The number of oxime groups is 1. The number of hydrogen-bond donors (Lipinski definition) is 2. The molecule has 0 unspecified atom stereocenters. The molecule has 0 aliphatic carbocycles. The minimum absolute atomic E-state index is 0.0639. The lowest BCUT2D eigenvalue weighted by molar-refractivity contribution is -0.385. The normalized spacial score (nSPS) is 16.5. The first-order valence-electron chi connectivity index (χ1n) is 5.08. The summed E-state index contributed by atoms with van der Waals surface area (Å²) < 4.78 is 0.129. The largest absolute Gasteiger partial charge is 0.410 e. The third-order valence-electron chi connectivity index (χ3n) is 2.59. The van der Waals surface area contributed by atoms with Crippen LogP contribution in [0.15, 0.2) is 20.2 Å². The van der Waals surface area contributed by atoms with Crippen molar-refractivity contribution in [3.63, 3.8) is 0 Å². The number of hydrogen-bond acceptors (Lipinski definition) is 7. The fraction of sp³-hybridized carbons (Fsp3) is 0. The highest BCUT2D eigenvalue weighted by Crippen LogP contribution is 2.41. The number of carbonyl (C=O) groups excluding carboxylic acids is 3. The summed E-state index contributed by atoms with van der Waals surface area (Å²) in [6.07, 6.45) is 0. The monoisotopic (exact) mass is 419 g/mol. The van der Waals surface area contributed by atoms with Crippen LogP contribution in [-0.2, 0) is 9.59 Å². The van der Waals surface area contributed by atoms with Crippen LogP contribution in [0.4, 0.5) is 11.4 Å². The summed E-state index contributed by atoms with van der Waals surface area (Å²) in [5.74, 6) is -3.90. The van der Waals surface area contributed by atoms with Crippen LogP contribution in [0.5, 0.6) is 0 Å². The van der Waals surface area contributed by atoms with Crippen molar-refractivity contribution >= 4 is 66.4 Å². The SMILES string of the molecule is O=C1Nc2cc(Br)c(Br)c([N+](=O)[O-])c2C(=O)C(=O)/C1=N/O. The molecule has 1 aliphatic rings. The number of halogens is 2. The van der Waals surface area contributed by atoms with Crippen LogP contribution in [0.1, 0.15) is 10.4 Å². The number of fused-ring (bicyclic) bond motifs is 1. The zero-order valence-electron chi connectivity index (χ0n) is 9.72. The molecule has 1 heterocycles. The maximum absolute atomic E-state index is 12.1. The van der Waals surface area contributed by atoms with Gasteiger partial charge in [0.25, 0.3) is 17.4 Å². The minimum atomic E-state index is -1.44. The van der Waals surface area contributed by atoms with Gasteiger partial charge >= 0.3 is 0 Å². The molecule has 11 heteroatoms. The molecule has 0 spiro atoms. The van der Waals surface area contributed by atoms with E-state index < -0.39 is 39.4 Å². The molecule has 2 rings (SSSR count). The molecule has 108 valence electrons. The molecule has 0 radical (unpaired) electrons. The van der Waals surface area contributed by atoms with E-state index in [1.165, 1.54) is 6.07 Å². The molecular weight excluding hydrogens is 418 g/mol. The quantitative estimate of drug-likeness (QED) is 0.306. The number of benzene rings is 1. The van der Waals surface area contributed by atoms with Crippen molar-refractivity contribution in [3.8, 4) is 0 Å². The van der Waals surface area contributed by atoms with Crippen LogP contribution in [0, 0.1) is 10.1 Å². The van der Waals surface area contributed by atoms with E-state index in [2.05, 4.69) is 42.3 Å². The first-order chi connectivity index (χ1) is 9.79. The highest BCUT2D eigenvalue weighted by molar-refractivity contribution is 9.13. The second-order valence-electron chi connectivity index (χ2n) is 3.76. The van der Waals surface area contributed by atoms with Gasteiger partial charge in [-0.3, -0.25) is 24.5 Å². The van der Waals surface area contributed by atoms with Crippen LogP contribution >= 0.6 is 31.9 Å². The van der Waals surface area contributed by atoms with E-state index in [0.29, 0.717) is 0 Å². The molecule has 1 aromatic carbocycles. The van der Waals surface area contributed by atoms with Crippen molar-refractivity contribution in [2.75, 3.05) is 5.32 Å². The van der Waals surface area contributed by atoms with Gasteiger partial charge in [0, 0.05) is 4.47 Å². The average Bonchev–Trinajstić information content (AvgIpc) is 2.48. The van der Waals surface area contributed by atoms with Crippen molar-refractivity contribution in [1.29, 1.82) is 0 Å². The Morgan fingerprint density at radius 2 is 1.86 bits per heavy atom. The van der Waals surface area contributed by atoms with Crippen LogP contribution in [-0.4, -0.2) is 33.3 Å². The van der Waals surface area contributed by atoms with Crippen LogP contribution < -0.4 is 5.32 Å². The molecule has 0 atom stereocenters. The first-order valence-corrected chi connectivity index (χ1v) is 6.67. The second kappa shape index (κ2) is 5.33. The molecule has 2 N–H and O–H groups in total. The third kappa shape index (κ3) is 2.34. The van der Waals surface area contributed by atoms with Gasteiger partial charge in [0.05, 0.1) is 10.6 Å². The molecule has 0 saturated heterocycles. The van der Waals surface area contributed by atoms with Gasteiger partial charge in [-0.15, -0.1) is 0 Å². The van der Waals surface area contributed by atoms with Crippen molar-refractivity contribution in [1.82, 2.24) is 0 Å².